The molecule has 0 spiro atoms. The molecule has 236 valence electrons. The first kappa shape index (κ1) is 30.6. The molecule has 10 nitrogen and oxygen atoms in total. The van der Waals surface area contributed by atoms with Gasteiger partial charge in [-0.15, -0.1) is 0 Å². The number of nitrogens with zero attached hydrogens (tertiary/aromatic N) is 3. The summed E-state index contributed by atoms with van der Waals surface area (Å²) in [4.78, 5) is 29.7. The van der Waals surface area contributed by atoms with E-state index in [9.17, 15) is 27.9 Å². The number of methoxy groups -OCH3 is 1. The Hall–Kier alpha value is -4.43. The van der Waals surface area contributed by atoms with Gasteiger partial charge in [-0.2, -0.15) is 18.3 Å². The summed E-state index contributed by atoms with van der Waals surface area (Å²) < 4.78 is 72.1. The highest BCUT2D eigenvalue weighted by atomic mass is 35.5. The fourth-order valence-electron chi connectivity index (χ4n) is 5.27. The molecule has 1 aliphatic carbocycles. The Labute approximate surface area is 258 Å². The zero-order valence-corrected chi connectivity index (χ0v) is 24.6. The first-order valence-corrected chi connectivity index (χ1v) is 14.1. The molecule has 0 radical (unpaired) electrons. The molecule has 4 N–H and O–H groups in total. The van der Waals surface area contributed by atoms with Crippen molar-refractivity contribution in [1.82, 2.24) is 20.1 Å². The van der Waals surface area contributed by atoms with Crippen molar-refractivity contribution in [3.8, 4) is 22.8 Å². The van der Waals surface area contributed by atoms with Crippen LogP contribution in [0.3, 0.4) is 0 Å². The fourth-order valence-corrected chi connectivity index (χ4v) is 5.53. The zero-order chi connectivity index (χ0) is 32.5. The van der Waals surface area contributed by atoms with Gasteiger partial charge in [0.15, 0.2) is 0 Å². The molecule has 2 aromatic heterocycles. The van der Waals surface area contributed by atoms with Gasteiger partial charge in [0.25, 0.3) is 5.91 Å². The number of pyridine rings is 1. The number of aromatic nitrogens is 3. The third-order valence-electron chi connectivity index (χ3n) is 8.21. The normalized spacial score (nSPS) is 19.1. The largest absolute Gasteiger partial charge is 0.494 e. The summed E-state index contributed by atoms with van der Waals surface area (Å²) in [6, 6.07) is 7.42. The molecule has 2 aliphatic rings. The fraction of sp³-hybridized carbons (Fsp3) is 0.333. The van der Waals surface area contributed by atoms with E-state index in [1.54, 1.807) is 10.9 Å². The highest BCUT2D eigenvalue weighted by Crippen LogP contribution is 2.49. The van der Waals surface area contributed by atoms with Gasteiger partial charge in [-0.25, -0.2) is 9.37 Å². The van der Waals surface area contributed by atoms with E-state index in [-0.39, 0.29) is 40.3 Å². The van der Waals surface area contributed by atoms with Crippen LogP contribution < -0.4 is 20.5 Å². The Bertz CT molecular complexity index is 1860. The number of nitrogens with two attached hydrogens (primary N) is 1. The molecule has 1 fully saturated rings. The topological polar surface area (TPSA) is 142 Å². The molecular weight excluding hydrogens is 622 g/mol. The molecule has 4 aromatic rings. The lowest BCUT2D eigenvalue weighted by atomic mass is 9.81. The summed E-state index contributed by atoms with van der Waals surface area (Å²) in [5, 5.41) is 18.2. The van der Waals surface area contributed by atoms with Crippen molar-refractivity contribution in [1.29, 1.82) is 0 Å². The van der Waals surface area contributed by atoms with Gasteiger partial charge in [-0.05, 0) is 50.1 Å². The van der Waals surface area contributed by atoms with Crippen LogP contribution in [0.25, 0.3) is 22.2 Å². The number of hydrogen-bond donors (Lipinski definition) is 3. The van der Waals surface area contributed by atoms with Gasteiger partial charge in [-0.3, -0.25) is 14.3 Å². The third-order valence-corrected chi connectivity index (χ3v) is 8.52. The smallest absolute Gasteiger partial charge is 0.424 e. The summed E-state index contributed by atoms with van der Waals surface area (Å²) in [6.07, 6.45) is -1.80. The molecule has 2 atom stereocenters. The first-order valence-electron chi connectivity index (χ1n) is 13.7. The first-order chi connectivity index (χ1) is 21.2. The van der Waals surface area contributed by atoms with Crippen LogP contribution in [-0.4, -0.2) is 58.1 Å². The number of primary amides is 1. The monoisotopic (exact) mass is 647 g/mol. The SMILES string of the molecule is COc1cc(C(=O)NCC(O)(c2cc3c(c(-c4c(F)cccc4Cl)n2)OC[C@]3(C)C(N)=O)C(F)(F)F)cc2cn(C3CC3)nc12. The average molecular weight is 648 g/mol. The summed E-state index contributed by atoms with van der Waals surface area (Å²) in [5.74, 6) is -2.82. The van der Waals surface area contributed by atoms with E-state index in [1.807, 2.05) is 0 Å². The van der Waals surface area contributed by atoms with Crippen LogP contribution in [-0.2, 0) is 15.8 Å². The molecule has 0 saturated heterocycles. The number of fused-ring (bicyclic) bond motifs is 2. The molecule has 6 rings (SSSR count). The van der Waals surface area contributed by atoms with Gasteiger partial charge in [0.1, 0.15) is 40.5 Å². The van der Waals surface area contributed by atoms with Crippen molar-refractivity contribution in [3.05, 3.63) is 70.3 Å². The maximum Gasteiger partial charge on any atom is 0.424 e. The lowest BCUT2D eigenvalue weighted by Gasteiger charge is -2.31. The molecule has 1 aliphatic heterocycles. The van der Waals surface area contributed by atoms with E-state index in [4.69, 9.17) is 26.8 Å². The zero-order valence-electron chi connectivity index (χ0n) is 23.8. The predicted molar refractivity (Wildman–Crippen MR) is 154 cm³/mol. The van der Waals surface area contributed by atoms with Crippen LogP contribution in [0.2, 0.25) is 5.02 Å². The Morgan fingerprint density at radius 1 is 1.27 bits per heavy atom. The van der Waals surface area contributed by atoms with Crippen molar-refractivity contribution in [2.24, 2.45) is 5.73 Å². The molecule has 0 bridgehead atoms. The number of amides is 2. The van der Waals surface area contributed by atoms with Gasteiger partial charge in [0, 0.05) is 22.7 Å². The van der Waals surface area contributed by atoms with Crippen molar-refractivity contribution in [2.45, 2.75) is 43.0 Å². The highest BCUT2D eigenvalue weighted by Gasteiger charge is 2.58. The minimum Gasteiger partial charge on any atom is -0.494 e. The summed E-state index contributed by atoms with van der Waals surface area (Å²) in [5.41, 5.74) is -1.55. The van der Waals surface area contributed by atoms with Crippen LogP contribution >= 0.6 is 11.6 Å². The molecule has 15 heteroatoms. The second kappa shape index (κ2) is 10.6. The van der Waals surface area contributed by atoms with Crippen molar-refractivity contribution < 1.29 is 41.7 Å². The Balaban J connectivity index is 1.42. The van der Waals surface area contributed by atoms with E-state index in [0.717, 1.165) is 25.0 Å². The number of nitrogens with one attached hydrogen (secondary N) is 1. The van der Waals surface area contributed by atoms with Gasteiger partial charge in [0.05, 0.1) is 36.0 Å². The maximum absolute atomic E-state index is 15.1. The predicted octanol–water partition coefficient (Wildman–Crippen LogP) is 4.55. The van der Waals surface area contributed by atoms with Crippen molar-refractivity contribution in [3.63, 3.8) is 0 Å². The third kappa shape index (κ3) is 5.01. The minimum atomic E-state index is -5.42. The van der Waals surface area contributed by atoms with Crippen LogP contribution in [0.1, 0.15) is 47.4 Å². The van der Waals surface area contributed by atoms with Crippen LogP contribution in [0.4, 0.5) is 17.6 Å². The number of alkyl halides is 3. The second-order valence-corrected chi connectivity index (χ2v) is 11.7. The summed E-state index contributed by atoms with van der Waals surface area (Å²) in [6.45, 7) is -0.451. The highest BCUT2D eigenvalue weighted by molar-refractivity contribution is 6.33. The van der Waals surface area contributed by atoms with Crippen LogP contribution in [0.15, 0.2) is 42.6 Å². The maximum atomic E-state index is 15.1. The minimum absolute atomic E-state index is 0.0466. The Morgan fingerprint density at radius 3 is 2.62 bits per heavy atom. The lowest BCUT2D eigenvalue weighted by molar-refractivity contribution is -0.265. The number of carbonyl (C=O) groups excluding carboxylic acids is 2. The molecule has 1 saturated carbocycles. The number of hydrogen-bond acceptors (Lipinski definition) is 7. The van der Waals surface area contributed by atoms with Gasteiger partial charge < -0.3 is 25.6 Å². The quantitative estimate of drug-likeness (QED) is 0.238. The second-order valence-electron chi connectivity index (χ2n) is 11.3. The Kier molecular flexibility index (Phi) is 7.20. The van der Waals surface area contributed by atoms with Crippen LogP contribution in [0.5, 0.6) is 11.5 Å². The molecule has 45 heavy (non-hydrogen) atoms. The number of rotatable bonds is 8. The molecular formula is C30H26ClF4N5O5. The van der Waals surface area contributed by atoms with Gasteiger partial charge >= 0.3 is 6.18 Å². The number of halogens is 5. The standard InChI is InChI=1S/C30H26ClF4N5O5/c1-28(27(36)42)13-45-25-17(28)10-21(38-24(25)22-18(31)4-3-5-19(22)32)29(43,30(33,34)35)12-37-26(41)14-8-15-11-40(16-6-7-16)39-23(15)20(9-14)44-2/h3-5,8-11,16,43H,6-7,12-13H2,1-2H3,(H2,36,42)(H,37,41)/t28-,29?/m0/s1. The van der Waals surface area contributed by atoms with E-state index < -0.39 is 58.3 Å². The summed E-state index contributed by atoms with van der Waals surface area (Å²) >= 11 is 6.23. The van der Waals surface area contributed by atoms with Crippen LogP contribution in [0, 0.1) is 5.82 Å². The molecule has 2 aromatic carbocycles. The number of ether oxygens (including phenoxy) is 2. The van der Waals surface area contributed by atoms with E-state index in [1.165, 1.54) is 38.3 Å². The summed E-state index contributed by atoms with van der Waals surface area (Å²) in [7, 11) is 1.37. The van der Waals surface area contributed by atoms with E-state index >= 15 is 4.39 Å². The molecule has 1 unspecified atom stereocenters. The van der Waals surface area contributed by atoms with Crippen molar-refractivity contribution >= 4 is 34.3 Å². The van der Waals surface area contributed by atoms with Crippen molar-refractivity contribution in [2.75, 3.05) is 20.3 Å². The van der Waals surface area contributed by atoms with Gasteiger partial charge in [-0.1, -0.05) is 17.7 Å². The molecule has 3 heterocycles. The number of aliphatic hydroxyl groups is 1. The Morgan fingerprint density at radius 2 is 2.00 bits per heavy atom. The van der Waals surface area contributed by atoms with E-state index in [2.05, 4.69) is 15.4 Å². The van der Waals surface area contributed by atoms with E-state index in [0.29, 0.717) is 10.9 Å². The number of benzene rings is 2. The lowest BCUT2D eigenvalue weighted by Crippen LogP contribution is -2.51. The average Bonchev–Trinajstić information content (AvgIpc) is 3.65. The van der Waals surface area contributed by atoms with Gasteiger partial charge in [0.2, 0.25) is 11.5 Å². The number of carbonyl (C=O) groups is 2. The molecule has 2 amide bonds.